The number of anilines is 1. The number of amides is 1. The average molecular weight is 292 g/mol. The lowest BCUT2D eigenvalue weighted by Crippen LogP contribution is -2.17. The van der Waals surface area contributed by atoms with Gasteiger partial charge in [0.2, 0.25) is 0 Å². The Morgan fingerprint density at radius 3 is 2.32 bits per heavy atom. The van der Waals surface area contributed by atoms with Crippen molar-refractivity contribution in [3.8, 4) is 6.07 Å². The summed E-state index contributed by atoms with van der Waals surface area (Å²) in [5, 5.41) is 12.6. The summed E-state index contributed by atoms with van der Waals surface area (Å²) in [6, 6.07) is 16.2. The van der Waals surface area contributed by atoms with Gasteiger partial charge in [-0.25, -0.2) is 5.43 Å². The third kappa shape index (κ3) is 3.93. The van der Waals surface area contributed by atoms with E-state index in [2.05, 4.69) is 10.5 Å². The van der Waals surface area contributed by atoms with Crippen LogP contribution in [0, 0.1) is 11.3 Å². The van der Waals surface area contributed by atoms with E-state index in [4.69, 9.17) is 5.26 Å². The van der Waals surface area contributed by atoms with Gasteiger partial charge in [0.1, 0.15) is 0 Å². The fourth-order valence-electron chi connectivity index (χ4n) is 1.78. The van der Waals surface area contributed by atoms with Gasteiger partial charge in [-0.15, -0.1) is 0 Å². The summed E-state index contributed by atoms with van der Waals surface area (Å²) in [6.07, 6.45) is 1.53. The monoisotopic (exact) mass is 292 g/mol. The van der Waals surface area contributed by atoms with Gasteiger partial charge in [-0.2, -0.15) is 10.4 Å². The molecule has 0 spiro atoms. The first-order valence-corrected chi connectivity index (χ1v) is 6.71. The Bertz CT molecular complexity index is 710. The highest BCUT2D eigenvalue weighted by molar-refractivity contribution is 5.95. The number of hydrazone groups is 1. The molecular weight excluding hydrogens is 276 g/mol. The maximum absolute atomic E-state index is 11.9. The largest absolute Gasteiger partial charge is 0.378 e. The Morgan fingerprint density at radius 2 is 1.77 bits per heavy atom. The summed E-state index contributed by atoms with van der Waals surface area (Å²) in [6.45, 7) is 0. The summed E-state index contributed by atoms with van der Waals surface area (Å²) in [4.78, 5) is 13.9. The van der Waals surface area contributed by atoms with Gasteiger partial charge < -0.3 is 4.90 Å². The standard InChI is InChI=1S/C17H16N4O/c1-21(2)16-9-7-15(8-10-16)17(22)20-19-12-14-5-3-13(11-18)4-6-14/h3-10,12H,1-2H3,(H,20,22)/b19-12+. The quantitative estimate of drug-likeness (QED) is 0.695. The Hall–Kier alpha value is -3.13. The number of nitriles is 1. The Kier molecular flexibility index (Phi) is 4.89. The normalized spacial score (nSPS) is 10.2. The van der Waals surface area contributed by atoms with Gasteiger partial charge in [-0.05, 0) is 42.0 Å². The number of nitrogens with zero attached hydrogens (tertiary/aromatic N) is 3. The van der Waals surface area contributed by atoms with E-state index in [0.29, 0.717) is 11.1 Å². The molecule has 0 unspecified atom stereocenters. The summed E-state index contributed by atoms with van der Waals surface area (Å²) >= 11 is 0. The molecule has 0 aliphatic carbocycles. The number of hydrogen-bond acceptors (Lipinski definition) is 4. The second-order valence-electron chi connectivity index (χ2n) is 4.87. The lowest BCUT2D eigenvalue weighted by atomic mass is 10.2. The van der Waals surface area contributed by atoms with Crippen molar-refractivity contribution in [2.75, 3.05) is 19.0 Å². The van der Waals surface area contributed by atoms with E-state index in [9.17, 15) is 4.79 Å². The number of carbonyl (C=O) groups excluding carboxylic acids is 1. The van der Waals surface area contributed by atoms with Gasteiger partial charge in [0.15, 0.2) is 0 Å². The van der Waals surface area contributed by atoms with Crippen molar-refractivity contribution >= 4 is 17.8 Å². The van der Waals surface area contributed by atoms with Gasteiger partial charge in [0, 0.05) is 25.3 Å². The minimum absolute atomic E-state index is 0.268. The van der Waals surface area contributed by atoms with E-state index in [-0.39, 0.29) is 5.91 Å². The fraction of sp³-hybridized carbons (Fsp3) is 0.118. The molecule has 0 atom stereocenters. The molecule has 0 aromatic heterocycles. The maximum atomic E-state index is 11.9. The molecule has 2 rings (SSSR count). The molecule has 0 fully saturated rings. The van der Waals surface area contributed by atoms with Crippen LogP contribution in [0.2, 0.25) is 0 Å². The summed E-state index contributed by atoms with van der Waals surface area (Å²) in [7, 11) is 3.88. The second kappa shape index (κ2) is 7.04. The highest BCUT2D eigenvalue weighted by Crippen LogP contribution is 2.12. The minimum Gasteiger partial charge on any atom is -0.378 e. The Labute approximate surface area is 129 Å². The topological polar surface area (TPSA) is 68.5 Å². The first-order chi connectivity index (χ1) is 10.6. The van der Waals surface area contributed by atoms with E-state index in [1.54, 1.807) is 36.4 Å². The number of nitrogens with one attached hydrogen (secondary N) is 1. The van der Waals surface area contributed by atoms with Crippen molar-refractivity contribution in [1.82, 2.24) is 5.43 Å². The van der Waals surface area contributed by atoms with Crippen LogP contribution in [-0.4, -0.2) is 26.2 Å². The molecule has 0 heterocycles. The maximum Gasteiger partial charge on any atom is 0.271 e. The lowest BCUT2D eigenvalue weighted by Gasteiger charge is -2.12. The number of hydrogen-bond donors (Lipinski definition) is 1. The first kappa shape index (κ1) is 15.3. The van der Waals surface area contributed by atoms with Crippen molar-refractivity contribution in [3.05, 3.63) is 65.2 Å². The lowest BCUT2D eigenvalue weighted by molar-refractivity contribution is 0.0955. The highest BCUT2D eigenvalue weighted by Gasteiger charge is 2.04. The van der Waals surface area contributed by atoms with Crippen LogP contribution in [0.1, 0.15) is 21.5 Å². The van der Waals surface area contributed by atoms with Crippen LogP contribution in [0.5, 0.6) is 0 Å². The molecule has 0 aliphatic rings. The smallest absolute Gasteiger partial charge is 0.271 e. The van der Waals surface area contributed by atoms with E-state index < -0.39 is 0 Å². The van der Waals surface area contributed by atoms with Crippen molar-refractivity contribution in [1.29, 1.82) is 5.26 Å². The summed E-state index contributed by atoms with van der Waals surface area (Å²) in [5.74, 6) is -0.268. The first-order valence-electron chi connectivity index (χ1n) is 6.71. The van der Waals surface area contributed by atoms with Crippen LogP contribution < -0.4 is 10.3 Å². The highest BCUT2D eigenvalue weighted by atomic mass is 16.2. The SMILES string of the molecule is CN(C)c1ccc(C(=O)N/N=C/c2ccc(C#N)cc2)cc1. The van der Waals surface area contributed by atoms with Crippen molar-refractivity contribution in [2.24, 2.45) is 5.10 Å². The third-order valence-electron chi connectivity index (χ3n) is 3.07. The third-order valence-corrected chi connectivity index (χ3v) is 3.07. The molecule has 5 heteroatoms. The molecule has 2 aromatic rings. The van der Waals surface area contributed by atoms with Gasteiger partial charge in [-0.1, -0.05) is 12.1 Å². The summed E-state index contributed by atoms with van der Waals surface area (Å²) < 4.78 is 0. The van der Waals surface area contributed by atoms with Crippen LogP contribution in [0.3, 0.4) is 0 Å². The van der Waals surface area contributed by atoms with Crippen LogP contribution in [0.4, 0.5) is 5.69 Å². The number of rotatable bonds is 4. The second-order valence-corrected chi connectivity index (χ2v) is 4.87. The molecule has 1 N–H and O–H groups in total. The Morgan fingerprint density at radius 1 is 1.14 bits per heavy atom. The van der Waals surface area contributed by atoms with Crippen molar-refractivity contribution < 1.29 is 4.79 Å². The molecule has 2 aromatic carbocycles. The zero-order chi connectivity index (χ0) is 15.9. The predicted molar refractivity (Wildman–Crippen MR) is 87.0 cm³/mol. The van der Waals surface area contributed by atoms with E-state index in [1.165, 1.54) is 6.21 Å². The molecule has 0 bridgehead atoms. The molecule has 1 amide bonds. The van der Waals surface area contributed by atoms with Gasteiger partial charge in [0.25, 0.3) is 5.91 Å². The van der Waals surface area contributed by atoms with Crippen molar-refractivity contribution in [3.63, 3.8) is 0 Å². The minimum atomic E-state index is -0.268. The number of carbonyl (C=O) groups is 1. The zero-order valence-electron chi connectivity index (χ0n) is 12.4. The fourth-order valence-corrected chi connectivity index (χ4v) is 1.78. The van der Waals surface area contributed by atoms with E-state index in [1.807, 2.05) is 37.2 Å². The van der Waals surface area contributed by atoms with Crippen LogP contribution >= 0.6 is 0 Å². The molecule has 5 nitrogen and oxygen atoms in total. The van der Waals surface area contributed by atoms with Gasteiger partial charge in [-0.3, -0.25) is 4.79 Å². The van der Waals surface area contributed by atoms with Crippen molar-refractivity contribution in [2.45, 2.75) is 0 Å². The van der Waals surface area contributed by atoms with Gasteiger partial charge >= 0.3 is 0 Å². The molecule has 0 saturated heterocycles. The zero-order valence-corrected chi connectivity index (χ0v) is 12.4. The Balaban J connectivity index is 1.96. The molecule has 0 aliphatic heterocycles. The van der Waals surface area contributed by atoms with E-state index in [0.717, 1.165) is 11.3 Å². The molecule has 0 radical (unpaired) electrons. The predicted octanol–water partition coefficient (Wildman–Crippen LogP) is 2.39. The van der Waals surface area contributed by atoms with Crippen LogP contribution in [0.15, 0.2) is 53.6 Å². The molecule has 0 saturated carbocycles. The molecule has 110 valence electrons. The molecular formula is C17H16N4O. The summed E-state index contributed by atoms with van der Waals surface area (Å²) in [5.41, 5.74) is 5.44. The average Bonchev–Trinajstić information content (AvgIpc) is 2.55. The number of benzene rings is 2. The van der Waals surface area contributed by atoms with Gasteiger partial charge in [0.05, 0.1) is 17.8 Å². The van der Waals surface area contributed by atoms with E-state index >= 15 is 0 Å². The van der Waals surface area contributed by atoms with Crippen LogP contribution in [-0.2, 0) is 0 Å². The van der Waals surface area contributed by atoms with Crippen LogP contribution in [0.25, 0.3) is 0 Å². The molecule has 22 heavy (non-hydrogen) atoms.